The van der Waals surface area contributed by atoms with Crippen LogP contribution in [0, 0.1) is 0 Å². The number of hydrogen-bond donors (Lipinski definition) is 2. The van der Waals surface area contributed by atoms with E-state index in [1.807, 2.05) is 16.9 Å². The number of benzene rings is 1. The van der Waals surface area contributed by atoms with Crippen molar-refractivity contribution in [1.29, 1.82) is 0 Å². The first-order valence-corrected chi connectivity index (χ1v) is 10.1. The second-order valence-electron chi connectivity index (χ2n) is 6.49. The highest BCUT2D eigenvalue weighted by atomic mass is 127. The molecule has 6 nitrogen and oxygen atoms in total. The predicted molar refractivity (Wildman–Crippen MR) is 127 cm³/mol. The van der Waals surface area contributed by atoms with Crippen molar-refractivity contribution in [1.82, 2.24) is 25.4 Å². The van der Waals surface area contributed by atoms with Crippen LogP contribution in [-0.4, -0.2) is 27.3 Å². The number of halogens is 1. The fourth-order valence-electron chi connectivity index (χ4n) is 2.52. The summed E-state index contributed by atoms with van der Waals surface area (Å²) in [5.41, 5.74) is 3.35. The molecule has 1 aromatic carbocycles. The lowest BCUT2D eigenvalue weighted by atomic mass is 10.2. The standard InChI is InChI=1S/C20H26N6S.HI/c1-4-21-20(23-13-19-25-18(14-27-19)15(2)3)22-12-16-6-8-17(9-7-16)26-11-5-10-24-26;/h5-11,14-15H,4,12-13H2,1-3H3,(H2,21,22,23);1H. The molecule has 2 aromatic heterocycles. The number of thiazole rings is 1. The lowest BCUT2D eigenvalue weighted by Gasteiger charge is -2.10. The Morgan fingerprint density at radius 1 is 1.21 bits per heavy atom. The smallest absolute Gasteiger partial charge is 0.191 e. The van der Waals surface area contributed by atoms with Crippen molar-refractivity contribution in [3.63, 3.8) is 0 Å². The molecule has 0 saturated carbocycles. The Hall–Kier alpha value is -1.94. The Morgan fingerprint density at radius 2 is 2.00 bits per heavy atom. The summed E-state index contributed by atoms with van der Waals surface area (Å²) in [5.74, 6) is 1.26. The van der Waals surface area contributed by atoms with Crippen LogP contribution < -0.4 is 10.6 Å². The van der Waals surface area contributed by atoms with E-state index in [9.17, 15) is 0 Å². The van der Waals surface area contributed by atoms with Crippen LogP contribution in [0.5, 0.6) is 0 Å². The molecule has 0 spiro atoms. The summed E-state index contributed by atoms with van der Waals surface area (Å²) < 4.78 is 1.85. The van der Waals surface area contributed by atoms with Crippen LogP contribution in [0.2, 0.25) is 0 Å². The summed E-state index contributed by atoms with van der Waals surface area (Å²) in [5, 5.41) is 14.1. The van der Waals surface area contributed by atoms with E-state index in [0.29, 0.717) is 19.0 Å². The Kier molecular flexibility index (Phi) is 8.91. The molecule has 0 amide bonds. The van der Waals surface area contributed by atoms with Gasteiger partial charge >= 0.3 is 0 Å². The summed E-state index contributed by atoms with van der Waals surface area (Å²) in [6, 6.07) is 10.2. The maximum absolute atomic E-state index is 4.68. The minimum absolute atomic E-state index is 0. The molecule has 3 rings (SSSR count). The van der Waals surface area contributed by atoms with Gasteiger partial charge in [0.1, 0.15) is 5.01 Å². The topological polar surface area (TPSA) is 67.1 Å². The van der Waals surface area contributed by atoms with Crippen LogP contribution in [0.1, 0.15) is 43.0 Å². The molecule has 2 N–H and O–H groups in total. The molecule has 0 fully saturated rings. The molecule has 0 bridgehead atoms. The van der Waals surface area contributed by atoms with E-state index < -0.39 is 0 Å². The van der Waals surface area contributed by atoms with Crippen molar-refractivity contribution in [3.05, 3.63) is 64.4 Å². The molecule has 0 aliphatic heterocycles. The first-order valence-electron chi connectivity index (χ1n) is 9.21. The largest absolute Gasteiger partial charge is 0.357 e. The number of guanidine groups is 1. The zero-order valence-corrected chi connectivity index (χ0v) is 19.6. The zero-order chi connectivity index (χ0) is 19.1. The maximum Gasteiger partial charge on any atom is 0.191 e. The number of aromatic nitrogens is 3. The maximum atomic E-state index is 4.68. The van der Waals surface area contributed by atoms with Gasteiger partial charge in [-0.25, -0.2) is 14.7 Å². The third-order valence-electron chi connectivity index (χ3n) is 4.04. The molecule has 28 heavy (non-hydrogen) atoms. The van der Waals surface area contributed by atoms with E-state index in [1.54, 1.807) is 17.5 Å². The molecule has 0 aliphatic rings. The molecule has 8 heteroatoms. The molecule has 2 heterocycles. The Bertz CT molecular complexity index is 855. The number of nitrogens with zero attached hydrogens (tertiary/aromatic N) is 4. The first kappa shape index (κ1) is 22.4. The number of aliphatic imine (C=N–C) groups is 1. The summed E-state index contributed by atoms with van der Waals surface area (Å²) in [4.78, 5) is 9.34. The molecule has 0 saturated heterocycles. The van der Waals surface area contributed by atoms with Crippen molar-refractivity contribution in [2.75, 3.05) is 6.54 Å². The third kappa shape index (κ3) is 6.30. The average molecular weight is 510 g/mol. The predicted octanol–water partition coefficient (Wildman–Crippen LogP) is 4.33. The SMILES string of the molecule is CCNC(=NCc1ccc(-n2cccn2)cc1)NCc1nc(C(C)C)cs1.I. The summed E-state index contributed by atoms with van der Waals surface area (Å²) in [6.07, 6.45) is 3.71. The van der Waals surface area contributed by atoms with E-state index in [4.69, 9.17) is 0 Å². The summed E-state index contributed by atoms with van der Waals surface area (Å²) in [6.45, 7) is 8.51. The number of rotatable bonds is 7. The Balaban J connectivity index is 0.00000280. The molecule has 0 unspecified atom stereocenters. The minimum Gasteiger partial charge on any atom is -0.357 e. The van der Waals surface area contributed by atoms with Gasteiger partial charge in [0.15, 0.2) is 5.96 Å². The highest BCUT2D eigenvalue weighted by molar-refractivity contribution is 14.0. The van der Waals surface area contributed by atoms with Crippen LogP contribution in [0.4, 0.5) is 0 Å². The average Bonchev–Trinajstić information content (AvgIpc) is 3.36. The normalized spacial score (nSPS) is 11.4. The van der Waals surface area contributed by atoms with Gasteiger partial charge in [-0.05, 0) is 36.6 Å². The highest BCUT2D eigenvalue weighted by Gasteiger charge is 2.06. The van der Waals surface area contributed by atoms with Crippen molar-refractivity contribution in [2.24, 2.45) is 4.99 Å². The molecule has 150 valence electrons. The summed E-state index contributed by atoms with van der Waals surface area (Å²) >= 11 is 1.69. The van der Waals surface area contributed by atoms with Gasteiger partial charge in [-0.1, -0.05) is 26.0 Å². The van der Waals surface area contributed by atoms with E-state index in [-0.39, 0.29) is 24.0 Å². The molecule has 0 aliphatic carbocycles. The van der Waals surface area contributed by atoms with Gasteiger partial charge in [0, 0.05) is 24.3 Å². The van der Waals surface area contributed by atoms with Crippen LogP contribution in [0.3, 0.4) is 0 Å². The molecule has 3 aromatic rings. The molecule has 0 radical (unpaired) electrons. The summed E-state index contributed by atoms with van der Waals surface area (Å²) in [7, 11) is 0. The van der Waals surface area contributed by atoms with Crippen molar-refractivity contribution in [2.45, 2.75) is 39.8 Å². The van der Waals surface area contributed by atoms with Gasteiger partial charge in [0.05, 0.1) is 24.5 Å². The lowest BCUT2D eigenvalue weighted by molar-refractivity contribution is 0.788. The van der Waals surface area contributed by atoms with E-state index in [0.717, 1.165) is 34.5 Å². The second kappa shape index (κ2) is 11.2. The van der Waals surface area contributed by atoms with E-state index >= 15 is 0 Å². The zero-order valence-electron chi connectivity index (χ0n) is 16.4. The fourth-order valence-corrected chi connectivity index (χ4v) is 3.41. The van der Waals surface area contributed by atoms with Crippen LogP contribution in [-0.2, 0) is 13.1 Å². The van der Waals surface area contributed by atoms with Crippen molar-refractivity contribution in [3.8, 4) is 5.69 Å². The van der Waals surface area contributed by atoms with E-state index in [1.165, 1.54) is 0 Å². The lowest BCUT2D eigenvalue weighted by Crippen LogP contribution is -2.36. The highest BCUT2D eigenvalue weighted by Crippen LogP contribution is 2.17. The second-order valence-corrected chi connectivity index (χ2v) is 7.43. The van der Waals surface area contributed by atoms with Gasteiger partial charge < -0.3 is 10.6 Å². The van der Waals surface area contributed by atoms with Crippen LogP contribution >= 0.6 is 35.3 Å². The Morgan fingerprint density at radius 3 is 2.61 bits per heavy atom. The molecular formula is C20H27IN6S. The minimum atomic E-state index is 0. The fraction of sp³-hybridized carbons (Fsp3) is 0.350. The van der Waals surface area contributed by atoms with Crippen LogP contribution in [0.25, 0.3) is 5.69 Å². The third-order valence-corrected chi connectivity index (χ3v) is 4.90. The van der Waals surface area contributed by atoms with Gasteiger partial charge in [-0.3, -0.25) is 0 Å². The van der Waals surface area contributed by atoms with Crippen LogP contribution in [0.15, 0.2) is 53.1 Å². The van der Waals surface area contributed by atoms with Crippen molar-refractivity contribution < 1.29 is 0 Å². The number of nitrogens with one attached hydrogen (secondary N) is 2. The van der Waals surface area contributed by atoms with Gasteiger partial charge in [-0.2, -0.15) is 5.10 Å². The first-order chi connectivity index (χ1) is 13.2. The molecular weight excluding hydrogens is 483 g/mol. The monoisotopic (exact) mass is 510 g/mol. The quantitative estimate of drug-likeness (QED) is 0.282. The number of hydrogen-bond acceptors (Lipinski definition) is 4. The van der Waals surface area contributed by atoms with Gasteiger partial charge in [0.2, 0.25) is 0 Å². The molecule has 0 atom stereocenters. The van der Waals surface area contributed by atoms with Gasteiger partial charge in [-0.15, -0.1) is 35.3 Å². The van der Waals surface area contributed by atoms with E-state index in [2.05, 4.69) is 76.1 Å². The van der Waals surface area contributed by atoms with Crippen molar-refractivity contribution >= 4 is 41.3 Å². The van der Waals surface area contributed by atoms with Gasteiger partial charge in [0.25, 0.3) is 0 Å². The Labute approximate surface area is 187 Å².